The molecular formula is C8H25ClN2. The van der Waals surface area contributed by atoms with Crippen molar-refractivity contribution >= 4 is 12.4 Å². The minimum Gasteiger partial charge on any atom is -0.344 e. The first-order valence-corrected chi connectivity index (χ1v) is 3.91. The molecule has 0 aliphatic carbocycles. The van der Waals surface area contributed by atoms with E-state index in [9.17, 15) is 0 Å². The summed E-state index contributed by atoms with van der Waals surface area (Å²) in [6, 6.07) is 0. The Morgan fingerprint density at radius 2 is 0.909 bits per heavy atom. The van der Waals surface area contributed by atoms with Crippen molar-refractivity contribution in [2.45, 2.75) is 52.4 Å². The van der Waals surface area contributed by atoms with Crippen molar-refractivity contribution < 1.29 is 0 Å². The number of halogens is 1. The fourth-order valence-corrected chi connectivity index (χ4v) is 0.854. The van der Waals surface area contributed by atoms with Crippen LogP contribution in [0.2, 0.25) is 0 Å². The molecule has 3 heteroatoms. The van der Waals surface area contributed by atoms with E-state index in [0.29, 0.717) is 0 Å². The molecule has 0 unspecified atom stereocenters. The van der Waals surface area contributed by atoms with Gasteiger partial charge in [0.05, 0.1) is 0 Å². The first-order valence-electron chi connectivity index (χ1n) is 3.91. The Balaban J connectivity index is -0.0000000817. The normalized spacial score (nSPS) is 7.09. The van der Waals surface area contributed by atoms with E-state index in [2.05, 4.69) is 13.8 Å². The maximum atomic E-state index is 2.26. The highest BCUT2D eigenvalue weighted by Gasteiger charge is 1.83. The topological polar surface area (TPSA) is 70.0 Å². The maximum absolute atomic E-state index is 2.26. The lowest BCUT2D eigenvalue weighted by molar-refractivity contribution is 0.624. The van der Waals surface area contributed by atoms with Gasteiger partial charge in [0.15, 0.2) is 0 Å². The predicted octanol–water partition coefficient (Wildman–Crippen LogP) is 4.11. The van der Waals surface area contributed by atoms with Crippen molar-refractivity contribution in [3.8, 4) is 0 Å². The van der Waals surface area contributed by atoms with Gasteiger partial charge < -0.3 is 12.3 Å². The zero-order chi connectivity index (χ0) is 6.24. The Labute approximate surface area is 77.7 Å². The summed E-state index contributed by atoms with van der Waals surface area (Å²) in [5, 5.41) is 0. The number of hydrogen-bond donors (Lipinski definition) is 2. The molecule has 74 valence electrons. The third kappa shape index (κ3) is 25.4. The summed E-state index contributed by atoms with van der Waals surface area (Å²) < 4.78 is 0. The Morgan fingerprint density at radius 1 is 0.636 bits per heavy atom. The van der Waals surface area contributed by atoms with E-state index in [-0.39, 0.29) is 24.7 Å². The second-order valence-electron chi connectivity index (χ2n) is 2.41. The zero-order valence-corrected chi connectivity index (χ0v) is 8.88. The highest BCUT2D eigenvalue weighted by atomic mass is 35.5. The van der Waals surface area contributed by atoms with Crippen LogP contribution in [0.1, 0.15) is 52.4 Å². The fraction of sp³-hybridized carbons (Fsp3) is 1.00. The molecule has 0 saturated carbocycles. The van der Waals surface area contributed by atoms with Gasteiger partial charge in [-0.15, -0.1) is 12.4 Å². The number of hydrogen-bond acceptors (Lipinski definition) is 2. The minimum absolute atomic E-state index is 0. The summed E-state index contributed by atoms with van der Waals surface area (Å²) in [5.41, 5.74) is 0. The molecule has 2 nitrogen and oxygen atoms in total. The van der Waals surface area contributed by atoms with Crippen LogP contribution < -0.4 is 12.3 Å². The van der Waals surface area contributed by atoms with Gasteiger partial charge in [-0.2, -0.15) is 0 Å². The molecule has 0 aromatic carbocycles. The highest BCUT2D eigenvalue weighted by Crippen LogP contribution is 2.03. The largest absolute Gasteiger partial charge is 0.344 e. The molecule has 0 radical (unpaired) electrons. The van der Waals surface area contributed by atoms with Gasteiger partial charge in [0.25, 0.3) is 0 Å². The summed E-state index contributed by atoms with van der Waals surface area (Å²) in [6.45, 7) is 4.51. The van der Waals surface area contributed by atoms with E-state index >= 15 is 0 Å². The van der Waals surface area contributed by atoms with Crippen LogP contribution in [0.15, 0.2) is 0 Å². The average molecular weight is 185 g/mol. The molecular weight excluding hydrogens is 160 g/mol. The van der Waals surface area contributed by atoms with E-state index in [1.165, 1.54) is 38.5 Å². The molecule has 0 heterocycles. The first kappa shape index (κ1) is 22.5. The zero-order valence-electron chi connectivity index (χ0n) is 8.07. The maximum Gasteiger partial charge on any atom is -0.0533 e. The summed E-state index contributed by atoms with van der Waals surface area (Å²) >= 11 is 0. The van der Waals surface area contributed by atoms with Crippen molar-refractivity contribution in [2.75, 3.05) is 0 Å². The first-order chi connectivity index (χ1) is 3.91. The van der Waals surface area contributed by atoms with E-state index < -0.39 is 0 Å². The fourth-order valence-electron chi connectivity index (χ4n) is 0.854. The van der Waals surface area contributed by atoms with Crippen LogP contribution in [-0.2, 0) is 0 Å². The van der Waals surface area contributed by atoms with Gasteiger partial charge in [0, 0.05) is 0 Å². The quantitative estimate of drug-likeness (QED) is 0.632. The van der Waals surface area contributed by atoms with Crippen molar-refractivity contribution in [3.05, 3.63) is 0 Å². The summed E-state index contributed by atoms with van der Waals surface area (Å²) in [6.07, 6.45) is 8.49. The monoisotopic (exact) mass is 184 g/mol. The van der Waals surface area contributed by atoms with Crippen LogP contribution in [0, 0.1) is 0 Å². The van der Waals surface area contributed by atoms with E-state index in [1.54, 1.807) is 0 Å². The third-order valence-electron chi connectivity index (χ3n) is 1.46. The van der Waals surface area contributed by atoms with Crippen LogP contribution in [0.4, 0.5) is 0 Å². The summed E-state index contributed by atoms with van der Waals surface area (Å²) in [4.78, 5) is 0. The van der Waals surface area contributed by atoms with Gasteiger partial charge in [-0.3, -0.25) is 0 Å². The van der Waals surface area contributed by atoms with Crippen LogP contribution in [0.5, 0.6) is 0 Å². The lowest BCUT2D eigenvalue weighted by Crippen LogP contribution is -1.73. The minimum atomic E-state index is 0. The molecule has 0 aliphatic heterocycles. The highest BCUT2D eigenvalue weighted by molar-refractivity contribution is 5.85. The third-order valence-corrected chi connectivity index (χ3v) is 1.46. The van der Waals surface area contributed by atoms with Crippen molar-refractivity contribution in [3.63, 3.8) is 0 Å². The van der Waals surface area contributed by atoms with Crippen molar-refractivity contribution in [1.29, 1.82) is 0 Å². The van der Waals surface area contributed by atoms with Crippen LogP contribution >= 0.6 is 12.4 Å². The molecule has 0 bridgehead atoms. The molecule has 0 fully saturated rings. The lowest BCUT2D eigenvalue weighted by Gasteiger charge is -1.93. The summed E-state index contributed by atoms with van der Waals surface area (Å²) in [5.74, 6) is 0. The molecule has 0 rings (SSSR count). The Hall–Kier alpha value is 0.210. The predicted molar refractivity (Wildman–Crippen MR) is 56.3 cm³/mol. The Bertz CT molecular complexity index is 37.1. The smallest absolute Gasteiger partial charge is 0.0533 e. The molecule has 0 atom stereocenters. The second kappa shape index (κ2) is 22.5. The van der Waals surface area contributed by atoms with Crippen molar-refractivity contribution in [2.24, 2.45) is 0 Å². The molecule has 0 amide bonds. The van der Waals surface area contributed by atoms with Gasteiger partial charge in [-0.25, -0.2) is 0 Å². The standard InChI is InChI=1S/C8H18.ClH.2H3N/c1-3-5-7-8-6-4-2;;;/h3-8H2,1-2H3;1H;2*1H3. The van der Waals surface area contributed by atoms with E-state index in [4.69, 9.17) is 0 Å². The number of rotatable bonds is 5. The molecule has 0 aliphatic rings. The lowest BCUT2D eigenvalue weighted by atomic mass is 10.1. The van der Waals surface area contributed by atoms with Crippen LogP contribution in [-0.4, -0.2) is 0 Å². The number of unbranched alkanes of at least 4 members (excludes halogenated alkanes) is 5. The van der Waals surface area contributed by atoms with Crippen LogP contribution in [0.3, 0.4) is 0 Å². The molecule has 6 N–H and O–H groups in total. The van der Waals surface area contributed by atoms with Gasteiger partial charge in [-0.1, -0.05) is 52.4 Å². The molecule has 0 saturated heterocycles. The Kier molecular flexibility index (Phi) is 45.9. The Morgan fingerprint density at radius 3 is 1.09 bits per heavy atom. The molecule has 11 heavy (non-hydrogen) atoms. The van der Waals surface area contributed by atoms with Gasteiger partial charge in [0.1, 0.15) is 0 Å². The average Bonchev–Trinajstić information content (AvgIpc) is 1.81. The van der Waals surface area contributed by atoms with Crippen molar-refractivity contribution in [1.82, 2.24) is 12.3 Å². The molecule has 0 spiro atoms. The van der Waals surface area contributed by atoms with E-state index in [0.717, 1.165) is 0 Å². The molecule has 0 aromatic heterocycles. The van der Waals surface area contributed by atoms with Gasteiger partial charge in [0.2, 0.25) is 0 Å². The SMILES string of the molecule is CCCCCCCC.Cl.N.N. The molecule has 0 aromatic rings. The van der Waals surface area contributed by atoms with Crippen LogP contribution in [0.25, 0.3) is 0 Å². The van der Waals surface area contributed by atoms with Gasteiger partial charge >= 0.3 is 0 Å². The second-order valence-corrected chi connectivity index (χ2v) is 2.41. The van der Waals surface area contributed by atoms with Gasteiger partial charge in [-0.05, 0) is 0 Å². The summed E-state index contributed by atoms with van der Waals surface area (Å²) in [7, 11) is 0. The van der Waals surface area contributed by atoms with E-state index in [1.807, 2.05) is 0 Å².